The Labute approximate surface area is 146 Å². The standard InChI is InChI=1S/C20H20N4O/c25-19-15-18(17-7-10-21-11-8-17)22-20-23(12-4-13-24(19)20)14-9-16-5-2-1-3-6-16/h1-3,5-8,10-11,15H,4,9,12-14H2. The van der Waals surface area contributed by atoms with Gasteiger partial charge < -0.3 is 4.90 Å². The topological polar surface area (TPSA) is 51.0 Å². The van der Waals surface area contributed by atoms with E-state index in [0.29, 0.717) is 5.69 Å². The molecule has 0 N–H and O–H groups in total. The van der Waals surface area contributed by atoms with E-state index in [1.165, 1.54) is 5.56 Å². The molecule has 5 nitrogen and oxygen atoms in total. The number of aromatic nitrogens is 3. The minimum atomic E-state index is 0.0150. The highest BCUT2D eigenvalue weighted by molar-refractivity contribution is 5.59. The molecule has 25 heavy (non-hydrogen) atoms. The Kier molecular flexibility index (Phi) is 4.29. The van der Waals surface area contributed by atoms with E-state index in [1.807, 2.05) is 18.2 Å². The van der Waals surface area contributed by atoms with E-state index in [9.17, 15) is 4.79 Å². The monoisotopic (exact) mass is 332 g/mol. The molecule has 3 heterocycles. The molecule has 3 aromatic rings. The Bertz CT molecular complexity index is 906. The largest absolute Gasteiger partial charge is 0.342 e. The first-order valence-corrected chi connectivity index (χ1v) is 8.62. The van der Waals surface area contributed by atoms with E-state index >= 15 is 0 Å². The van der Waals surface area contributed by atoms with Crippen molar-refractivity contribution in [1.29, 1.82) is 0 Å². The highest BCUT2D eigenvalue weighted by Gasteiger charge is 2.20. The number of rotatable bonds is 4. The zero-order valence-electron chi connectivity index (χ0n) is 14.0. The molecule has 0 atom stereocenters. The normalized spacial score (nSPS) is 13.5. The first kappa shape index (κ1) is 15.6. The molecule has 0 aliphatic carbocycles. The van der Waals surface area contributed by atoms with Crippen LogP contribution in [0.4, 0.5) is 5.95 Å². The SMILES string of the molecule is O=c1cc(-c2ccncc2)nc2n1CCCN2CCc1ccccc1. The Morgan fingerprint density at radius 2 is 1.80 bits per heavy atom. The molecule has 1 aliphatic heterocycles. The maximum atomic E-state index is 12.6. The summed E-state index contributed by atoms with van der Waals surface area (Å²) in [5.74, 6) is 0.779. The van der Waals surface area contributed by atoms with Crippen molar-refractivity contribution in [1.82, 2.24) is 14.5 Å². The van der Waals surface area contributed by atoms with Gasteiger partial charge in [0.05, 0.1) is 5.69 Å². The molecular weight excluding hydrogens is 312 g/mol. The fourth-order valence-electron chi connectivity index (χ4n) is 3.26. The number of hydrogen-bond donors (Lipinski definition) is 0. The summed E-state index contributed by atoms with van der Waals surface area (Å²) in [5, 5.41) is 0. The van der Waals surface area contributed by atoms with Crippen molar-refractivity contribution in [2.24, 2.45) is 0 Å². The van der Waals surface area contributed by atoms with Crippen LogP contribution in [-0.2, 0) is 13.0 Å². The minimum Gasteiger partial charge on any atom is -0.342 e. The van der Waals surface area contributed by atoms with E-state index in [0.717, 1.165) is 44.0 Å². The van der Waals surface area contributed by atoms with Crippen LogP contribution in [0.5, 0.6) is 0 Å². The van der Waals surface area contributed by atoms with Crippen molar-refractivity contribution in [2.45, 2.75) is 19.4 Å². The summed E-state index contributed by atoms with van der Waals surface area (Å²) in [6.45, 7) is 2.52. The molecule has 1 aliphatic rings. The van der Waals surface area contributed by atoms with Gasteiger partial charge >= 0.3 is 0 Å². The maximum absolute atomic E-state index is 12.6. The van der Waals surface area contributed by atoms with E-state index in [2.05, 4.69) is 34.1 Å². The quantitative estimate of drug-likeness (QED) is 0.737. The molecule has 0 saturated heterocycles. The van der Waals surface area contributed by atoms with Gasteiger partial charge in [-0.1, -0.05) is 30.3 Å². The Morgan fingerprint density at radius 1 is 1.00 bits per heavy atom. The summed E-state index contributed by atoms with van der Waals surface area (Å²) in [4.78, 5) is 23.6. The van der Waals surface area contributed by atoms with Crippen LogP contribution in [0.25, 0.3) is 11.3 Å². The van der Waals surface area contributed by atoms with Crippen molar-refractivity contribution in [3.63, 3.8) is 0 Å². The van der Waals surface area contributed by atoms with Crippen LogP contribution in [0.15, 0.2) is 65.7 Å². The van der Waals surface area contributed by atoms with E-state index < -0.39 is 0 Å². The Balaban J connectivity index is 1.65. The lowest BCUT2D eigenvalue weighted by atomic mass is 10.1. The summed E-state index contributed by atoms with van der Waals surface area (Å²) in [7, 11) is 0. The smallest absolute Gasteiger partial charge is 0.255 e. The molecule has 0 amide bonds. The molecule has 1 aromatic carbocycles. The highest BCUT2D eigenvalue weighted by Crippen LogP contribution is 2.21. The maximum Gasteiger partial charge on any atom is 0.255 e. The van der Waals surface area contributed by atoms with Gasteiger partial charge in [-0.15, -0.1) is 0 Å². The van der Waals surface area contributed by atoms with Gasteiger partial charge in [0.25, 0.3) is 5.56 Å². The molecule has 0 radical (unpaired) electrons. The number of hydrogen-bond acceptors (Lipinski definition) is 4. The van der Waals surface area contributed by atoms with Crippen LogP contribution in [0.1, 0.15) is 12.0 Å². The van der Waals surface area contributed by atoms with Crippen molar-refractivity contribution in [3.05, 3.63) is 76.8 Å². The van der Waals surface area contributed by atoms with Gasteiger partial charge in [0.15, 0.2) is 0 Å². The Morgan fingerprint density at radius 3 is 2.60 bits per heavy atom. The molecule has 0 saturated carbocycles. The van der Waals surface area contributed by atoms with Crippen LogP contribution >= 0.6 is 0 Å². The predicted molar refractivity (Wildman–Crippen MR) is 98.7 cm³/mol. The van der Waals surface area contributed by atoms with Gasteiger partial charge in [0, 0.05) is 43.7 Å². The fourth-order valence-corrected chi connectivity index (χ4v) is 3.26. The van der Waals surface area contributed by atoms with Crippen molar-refractivity contribution in [3.8, 4) is 11.3 Å². The summed E-state index contributed by atoms with van der Waals surface area (Å²) in [6.07, 6.45) is 5.36. The second-order valence-corrected chi connectivity index (χ2v) is 6.24. The lowest BCUT2D eigenvalue weighted by Crippen LogP contribution is -2.39. The third kappa shape index (κ3) is 3.31. The summed E-state index contributed by atoms with van der Waals surface area (Å²) in [6, 6.07) is 15.8. The average Bonchev–Trinajstić information content (AvgIpc) is 2.68. The zero-order chi connectivity index (χ0) is 17.1. The average molecular weight is 332 g/mol. The van der Waals surface area contributed by atoms with Crippen molar-refractivity contribution >= 4 is 5.95 Å². The number of benzene rings is 1. The van der Waals surface area contributed by atoms with Crippen LogP contribution in [0, 0.1) is 0 Å². The van der Waals surface area contributed by atoms with Gasteiger partial charge in [-0.25, -0.2) is 4.98 Å². The number of pyridine rings is 1. The molecule has 0 unspecified atom stereocenters. The summed E-state index contributed by atoms with van der Waals surface area (Å²) < 4.78 is 1.79. The molecule has 0 fully saturated rings. The second kappa shape index (κ2) is 6.89. The van der Waals surface area contributed by atoms with Crippen LogP contribution in [0.2, 0.25) is 0 Å². The van der Waals surface area contributed by atoms with Gasteiger partial charge in [-0.05, 0) is 30.5 Å². The van der Waals surface area contributed by atoms with Crippen LogP contribution in [-0.4, -0.2) is 27.6 Å². The number of anilines is 1. The molecule has 5 heteroatoms. The Hall–Kier alpha value is -2.95. The third-order valence-corrected chi connectivity index (χ3v) is 4.57. The van der Waals surface area contributed by atoms with Crippen LogP contribution in [0.3, 0.4) is 0 Å². The first-order chi connectivity index (χ1) is 12.3. The summed E-state index contributed by atoms with van der Waals surface area (Å²) >= 11 is 0. The van der Waals surface area contributed by atoms with E-state index in [1.54, 1.807) is 23.0 Å². The fraction of sp³-hybridized carbons (Fsp3) is 0.250. The second-order valence-electron chi connectivity index (χ2n) is 6.24. The summed E-state index contributed by atoms with van der Waals surface area (Å²) in [5.41, 5.74) is 2.95. The molecule has 2 aromatic heterocycles. The lowest BCUT2D eigenvalue weighted by molar-refractivity contribution is 0.532. The molecular formula is C20H20N4O. The zero-order valence-corrected chi connectivity index (χ0v) is 14.0. The number of nitrogens with zero attached hydrogens (tertiary/aromatic N) is 4. The van der Waals surface area contributed by atoms with E-state index in [4.69, 9.17) is 4.98 Å². The van der Waals surface area contributed by atoms with Gasteiger partial charge in [0.2, 0.25) is 5.95 Å². The minimum absolute atomic E-state index is 0.0150. The van der Waals surface area contributed by atoms with E-state index in [-0.39, 0.29) is 5.56 Å². The molecule has 0 spiro atoms. The van der Waals surface area contributed by atoms with Crippen molar-refractivity contribution < 1.29 is 0 Å². The van der Waals surface area contributed by atoms with Gasteiger partial charge in [-0.3, -0.25) is 14.3 Å². The van der Waals surface area contributed by atoms with Gasteiger partial charge in [-0.2, -0.15) is 0 Å². The molecule has 0 bridgehead atoms. The lowest BCUT2D eigenvalue weighted by Gasteiger charge is -2.31. The number of fused-ring (bicyclic) bond motifs is 1. The van der Waals surface area contributed by atoms with Crippen molar-refractivity contribution in [2.75, 3.05) is 18.0 Å². The predicted octanol–water partition coefficient (Wildman–Crippen LogP) is 2.76. The molecule has 126 valence electrons. The van der Waals surface area contributed by atoms with Crippen LogP contribution < -0.4 is 10.5 Å². The first-order valence-electron chi connectivity index (χ1n) is 8.62. The van der Waals surface area contributed by atoms with Gasteiger partial charge in [0.1, 0.15) is 0 Å². The molecule has 4 rings (SSSR count). The third-order valence-electron chi connectivity index (χ3n) is 4.57. The highest BCUT2D eigenvalue weighted by atomic mass is 16.1.